The number of fused-ring (bicyclic) bond motifs is 1. The second-order valence-electron chi connectivity index (χ2n) is 4.25. The first kappa shape index (κ1) is 7.90. The number of H-pyrrole nitrogens is 1. The predicted octanol–water partition coefficient (Wildman–Crippen LogP) is 2.78. The Morgan fingerprint density at radius 3 is 2.83 bits per heavy atom. The van der Waals surface area contributed by atoms with Gasteiger partial charge < -0.3 is 4.98 Å². The molecule has 12 heavy (non-hydrogen) atoms. The van der Waals surface area contributed by atoms with E-state index in [2.05, 4.69) is 31.2 Å². The Bertz CT molecular complexity index is 260. The summed E-state index contributed by atoms with van der Waals surface area (Å²) in [5, 5.41) is 0. The number of aromatic amines is 1. The van der Waals surface area contributed by atoms with Crippen molar-refractivity contribution in [2.24, 2.45) is 11.8 Å². The van der Waals surface area contributed by atoms with Gasteiger partial charge in [0.1, 0.15) is 0 Å². The summed E-state index contributed by atoms with van der Waals surface area (Å²) < 4.78 is 0. The van der Waals surface area contributed by atoms with E-state index in [0.717, 1.165) is 11.8 Å². The standard InChI is InChI=1S/C11H17N/c1-8(2)9-3-4-10-6-12-7-11(10)5-9/h6-9,12H,3-5H2,1-2H3. The Hall–Kier alpha value is -0.720. The molecular formula is C11H17N. The molecule has 0 aliphatic heterocycles. The molecule has 1 aliphatic rings. The maximum atomic E-state index is 3.20. The minimum absolute atomic E-state index is 0.841. The number of rotatable bonds is 1. The molecule has 1 heterocycles. The van der Waals surface area contributed by atoms with Crippen LogP contribution in [0.25, 0.3) is 0 Å². The third-order valence-corrected chi connectivity index (χ3v) is 3.14. The minimum Gasteiger partial charge on any atom is -0.367 e. The van der Waals surface area contributed by atoms with E-state index in [1.165, 1.54) is 19.3 Å². The summed E-state index contributed by atoms with van der Waals surface area (Å²) in [4.78, 5) is 3.20. The molecule has 2 rings (SSSR count). The summed E-state index contributed by atoms with van der Waals surface area (Å²) in [6.07, 6.45) is 8.27. The number of nitrogens with one attached hydrogen (secondary N) is 1. The van der Waals surface area contributed by atoms with Gasteiger partial charge >= 0.3 is 0 Å². The minimum atomic E-state index is 0.841. The molecule has 1 aromatic heterocycles. The number of hydrogen-bond donors (Lipinski definition) is 1. The van der Waals surface area contributed by atoms with Crippen molar-refractivity contribution in [3.05, 3.63) is 23.5 Å². The van der Waals surface area contributed by atoms with E-state index in [0.29, 0.717) is 0 Å². The Balaban J connectivity index is 2.15. The van der Waals surface area contributed by atoms with Gasteiger partial charge in [-0.3, -0.25) is 0 Å². The van der Waals surface area contributed by atoms with Crippen LogP contribution in [0, 0.1) is 11.8 Å². The van der Waals surface area contributed by atoms with Crippen molar-refractivity contribution < 1.29 is 0 Å². The molecule has 0 amide bonds. The number of aromatic nitrogens is 1. The lowest BCUT2D eigenvalue weighted by Gasteiger charge is -2.25. The van der Waals surface area contributed by atoms with Crippen LogP contribution in [0.1, 0.15) is 31.4 Å². The van der Waals surface area contributed by atoms with Gasteiger partial charge in [0.15, 0.2) is 0 Å². The summed E-state index contributed by atoms with van der Waals surface area (Å²) in [7, 11) is 0. The van der Waals surface area contributed by atoms with E-state index >= 15 is 0 Å². The molecule has 1 unspecified atom stereocenters. The molecule has 1 heteroatoms. The normalized spacial score (nSPS) is 22.8. The van der Waals surface area contributed by atoms with Gasteiger partial charge in [0.25, 0.3) is 0 Å². The highest BCUT2D eigenvalue weighted by Crippen LogP contribution is 2.29. The highest BCUT2D eigenvalue weighted by Gasteiger charge is 2.21. The van der Waals surface area contributed by atoms with E-state index in [1.54, 1.807) is 11.1 Å². The third kappa shape index (κ3) is 1.28. The molecule has 0 spiro atoms. The van der Waals surface area contributed by atoms with Crippen LogP contribution in [-0.2, 0) is 12.8 Å². The van der Waals surface area contributed by atoms with E-state index in [9.17, 15) is 0 Å². The Morgan fingerprint density at radius 2 is 2.08 bits per heavy atom. The molecule has 0 radical (unpaired) electrons. The Labute approximate surface area is 74.2 Å². The van der Waals surface area contributed by atoms with Crippen LogP contribution in [0.5, 0.6) is 0 Å². The Kier molecular flexibility index (Phi) is 1.95. The molecule has 1 atom stereocenters. The van der Waals surface area contributed by atoms with E-state index in [1.807, 2.05) is 0 Å². The van der Waals surface area contributed by atoms with Crippen molar-refractivity contribution in [3.63, 3.8) is 0 Å². The maximum absolute atomic E-state index is 3.20. The zero-order valence-corrected chi connectivity index (χ0v) is 7.93. The third-order valence-electron chi connectivity index (χ3n) is 3.14. The van der Waals surface area contributed by atoms with E-state index in [4.69, 9.17) is 0 Å². The lowest BCUT2D eigenvalue weighted by molar-refractivity contribution is 0.344. The molecule has 1 aliphatic carbocycles. The van der Waals surface area contributed by atoms with Gasteiger partial charge in [0.2, 0.25) is 0 Å². The molecule has 0 saturated carbocycles. The van der Waals surface area contributed by atoms with Crippen molar-refractivity contribution in [2.45, 2.75) is 33.1 Å². The average Bonchev–Trinajstić information content (AvgIpc) is 2.49. The first-order chi connectivity index (χ1) is 5.77. The molecule has 1 N–H and O–H groups in total. The van der Waals surface area contributed by atoms with Crippen molar-refractivity contribution in [1.29, 1.82) is 0 Å². The molecule has 66 valence electrons. The molecule has 0 aromatic carbocycles. The van der Waals surface area contributed by atoms with Crippen LogP contribution in [0.4, 0.5) is 0 Å². The van der Waals surface area contributed by atoms with Crippen LogP contribution in [0.15, 0.2) is 12.4 Å². The van der Waals surface area contributed by atoms with Gasteiger partial charge in [0, 0.05) is 12.4 Å². The number of aryl methyl sites for hydroxylation is 1. The molecular weight excluding hydrogens is 146 g/mol. The molecule has 0 bridgehead atoms. The monoisotopic (exact) mass is 163 g/mol. The van der Waals surface area contributed by atoms with E-state index in [-0.39, 0.29) is 0 Å². The summed E-state index contributed by atoms with van der Waals surface area (Å²) in [6, 6.07) is 0. The highest BCUT2D eigenvalue weighted by molar-refractivity contribution is 5.26. The predicted molar refractivity (Wildman–Crippen MR) is 51.1 cm³/mol. The van der Waals surface area contributed by atoms with Crippen LogP contribution in [0.2, 0.25) is 0 Å². The number of hydrogen-bond acceptors (Lipinski definition) is 0. The van der Waals surface area contributed by atoms with Gasteiger partial charge in [-0.2, -0.15) is 0 Å². The first-order valence-electron chi connectivity index (χ1n) is 4.92. The van der Waals surface area contributed by atoms with Gasteiger partial charge in [-0.05, 0) is 42.2 Å². The van der Waals surface area contributed by atoms with Gasteiger partial charge in [-0.15, -0.1) is 0 Å². The topological polar surface area (TPSA) is 15.8 Å². The van der Waals surface area contributed by atoms with Crippen molar-refractivity contribution in [3.8, 4) is 0 Å². The fourth-order valence-electron chi connectivity index (χ4n) is 2.15. The average molecular weight is 163 g/mol. The maximum Gasteiger partial charge on any atom is 0.00403 e. The zero-order chi connectivity index (χ0) is 8.55. The quantitative estimate of drug-likeness (QED) is 0.655. The molecule has 1 nitrogen and oxygen atoms in total. The lowest BCUT2D eigenvalue weighted by atomic mass is 9.80. The molecule has 0 fully saturated rings. The largest absolute Gasteiger partial charge is 0.367 e. The fourth-order valence-corrected chi connectivity index (χ4v) is 2.15. The molecule has 1 aromatic rings. The highest BCUT2D eigenvalue weighted by atomic mass is 14.6. The Morgan fingerprint density at radius 1 is 1.33 bits per heavy atom. The van der Waals surface area contributed by atoms with E-state index < -0.39 is 0 Å². The smallest absolute Gasteiger partial charge is 0.00403 e. The van der Waals surface area contributed by atoms with Crippen molar-refractivity contribution >= 4 is 0 Å². The van der Waals surface area contributed by atoms with Gasteiger partial charge in [0.05, 0.1) is 0 Å². The van der Waals surface area contributed by atoms with Gasteiger partial charge in [-0.25, -0.2) is 0 Å². The van der Waals surface area contributed by atoms with Crippen molar-refractivity contribution in [1.82, 2.24) is 4.98 Å². The SMILES string of the molecule is CC(C)C1CCc2c[nH]cc2C1. The molecule has 0 saturated heterocycles. The van der Waals surface area contributed by atoms with Crippen LogP contribution < -0.4 is 0 Å². The van der Waals surface area contributed by atoms with Crippen LogP contribution >= 0.6 is 0 Å². The second kappa shape index (κ2) is 2.96. The van der Waals surface area contributed by atoms with Crippen LogP contribution in [0.3, 0.4) is 0 Å². The summed E-state index contributed by atoms with van der Waals surface area (Å²) in [5.74, 6) is 1.75. The summed E-state index contributed by atoms with van der Waals surface area (Å²) >= 11 is 0. The fraction of sp³-hybridized carbons (Fsp3) is 0.636. The van der Waals surface area contributed by atoms with Crippen LogP contribution in [-0.4, -0.2) is 4.98 Å². The zero-order valence-electron chi connectivity index (χ0n) is 7.93. The summed E-state index contributed by atoms with van der Waals surface area (Å²) in [6.45, 7) is 4.67. The van der Waals surface area contributed by atoms with Gasteiger partial charge in [-0.1, -0.05) is 13.8 Å². The first-order valence-corrected chi connectivity index (χ1v) is 4.92. The van der Waals surface area contributed by atoms with Crippen molar-refractivity contribution in [2.75, 3.05) is 0 Å². The second-order valence-corrected chi connectivity index (χ2v) is 4.25. The lowest BCUT2D eigenvalue weighted by Crippen LogP contribution is -2.17. The summed E-state index contributed by atoms with van der Waals surface area (Å²) in [5.41, 5.74) is 3.10.